The predicted molar refractivity (Wildman–Crippen MR) is 200 cm³/mol. The molecule has 6 amide bonds. The van der Waals surface area contributed by atoms with Crippen molar-refractivity contribution < 1.29 is 28.8 Å². The molecule has 1 aromatic rings. The predicted octanol–water partition coefficient (Wildman–Crippen LogP) is -0.510. The van der Waals surface area contributed by atoms with Crippen LogP contribution in [0.4, 0.5) is 0 Å². The minimum Gasteiger partial charge on any atom is -0.370 e. The van der Waals surface area contributed by atoms with Gasteiger partial charge < -0.3 is 43.4 Å². The molecule has 4 rings (SSSR count). The number of hydrogen-bond acceptors (Lipinski definition) is 9. The van der Waals surface area contributed by atoms with Gasteiger partial charge in [0, 0.05) is 32.3 Å². The first kappa shape index (κ1) is 42.0. The molecule has 5 unspecified atom stereocenters. The molecule has 0 radical (unpaired) electrons. The Morgan fingerprint density at radius 1 is 0.907 bits per heavy atom. The number of aromatic nitrogens is 3. The van der Waals surface area contributed by atoms with E-state index in [1.807, 2.05) is 0 Å². The van der Waals surface area contributed by atoms with Gasteiger partial charge in [-0.1, -0.05) is 45.2 Å². The van der Waals surface area contributed by atoms with Crippen LogP contribution in [-0.2, 0) is 41.7 Å². The molecule has 18 nitrogen and oxygen atoms in total. The van der Waals surface area contributed by atoms with E-state index in [0.29, 0.717) is 51.5 Å². The molecule has 2 aliphatic heterocycles. The van der Waals surface area contributed by atoms with Crippen LogP contribution in [0.3, 0.4) is 0 Å². The lowest BCUT2D eigenvalue weighted by Gasteiger charge is -2.33. The number of aryl methyl sites for hydroxylation is 2. The van der Waals surface area contributed by atoms with Crippen molar-refractivity contribution in [3.05, 3.63) is 11.9 Å². The van der Waals surface area contributed by atoms with Crippen LogP contribution in [0.2, 0.25) is 0 Å². The van der Waals surface area contributed by atoms with Crippen LogP contribution in [0, 0.1) is 11.3 Å². The van der Waals surface area contributed by atoms with Gasteiger partial charge in [0.2, 0.25) is 35.4 Å². The molecule has 2 bridgehead atoms. The second-order valence-electron chi connectivity index (χ2n) is 15.9. The van der Waals surface area contributed by atoms with Gasteiger partial charge in [0.1, 0.15) is 30.2 Å². The smallest absolute Gasteiger partial charge is 0.243 e. The van der Waals surface area contributed by atoms with Crippen molar-refractivity contribution in [3.8, 4) is 0 Å². The number of amides is 6. The Kier molecular flexibility index (Phi) is 15.2. The van der Waals surface area contributed by atoms with Gasteiger partial charge in [0.15, 0.2) is 5.96 Å². The molecule has 1 saturated carbocycles. The van der Waals surface area contributed by atoms with E-state index in [1.165, 1.54) is 0 Å². The second kappa shape index (κ2) is 19.5. The first-order valence-corrected chi connectivity index (χ1v) is 19.4. The van der Waals surface area contributed by atoms with E-state index in [4.69, 9.17) is 17.2 Å². The summed E-state index contributed by atoms with van der Waals surface area (Å²) in [5.74, 6) is -3.29. The van der Waals surface area contributed by atoms with Gasteiger partial charge in [-0.05, 0) is 75.5 Å². The molecule has 300 valence electrons. The zero-order chi connectivity index (χ0) is 39.4. The highest BCUT2D eigenvalue weighted by Crippen LogP contribution is 2.28. The van der Waals surface area contributed by atoms with Crippen LogP contribution in [0.15, 0.2) is 11.2 Å². The third kappa shape index (κ3) is 12.1. The monoisotopic (exact) mass is 756 g/mol. The van der Waals surface area contributed by atoms with E-state index < -0.39 is 59.3 Å². The number of nitrogens with zero attached hydrogens (tertiary/aromatic N) is 5. The van der Waals surface area contributed by atoms with E-state index in [1.54, 1.807) is 36.5 Å². The van der Waals surface area contributed by atoms with Crippen LogP contribution in [-0.4, -0.2) is 105 Å². The number of carbonyl (C=O) groups is 6. The lowest BCUT2D eigenvalue weighted by molar-refractivity contribution is -0.140. The summed E-state index contributed by atoms with van der Waals surface area (Å²) >= 11 is 0. The quantitative estimate of drug-likeness (QED) is 0.0913. The molecule has 3 heterocycles. The Hall–Kier alpha value is -4.77. The van der Waals surface area contributed by atoms with E-state index in [9.17, 15) is 28.8 Å². The number of guanidine groups is 1. The van der Waals surface area contributed by atoms with Crippen LogP contribution < -0.4 is 38.5 Å². The number of hydrogen-bond donors (Lipinski definition) is 7. The fraction of sp³-hybridized carbons (Fsp3) is 0.750. The van der Waals surface area contributed by atoms with Gasteiger partial charge in [-0.3, -0.25) is 38.4 Å². The van der Waals surface area contributed by atoms with E-state index in [2.05, 4.69) is 36.6 Å². The van der Waals surface area contributed by atoms with Crippen molar-refractivity contribution in [2.45, 2.75) is 147 Å². The fourth-order valence-corrected chi connectivity index (χ4v) is 7.53. The van der Waals surface area contributed by atoms with Crippen molar-refractivity contribution in [1.29, 1.82) is 0 Å². The molecule has 5 atom stereocenters. The highest BCUT2D eigenvalue weighted by Gasteiger charge is 2.40. The van der Waals surface area contributed by atoms with Gasteiger partial charge in [-0.25, -0.2) is 0 Å². The summed E-state index contributed by atoms with van der Waals surface area (Å²) in [6.45, 7) is 6.13. The largest absolute Gasteiger partial charge is 0.370 e. The highest BCUT2D eigenvalue weighted by atomic mass is 16.2. The Labute approximate surface area is 316 Å². The molecule has 1 aliphatic carbocycles. The third-order valence-electron chi connectivity index (χ3n) is 10.5. The maximum atomic E-state index is 14.3. The average molecular weight is 757 g/mol. The van der Waals surface area contributed by atoms with Crippen molar-refractivity contribution in [3.63, 3.8) is 0 Å². The summed E-state index contributed by atoms with van der Waals surface area (Å²) in [5, 5.41) is 19.9. The maximum absolute atomic E-state index is 14.3. The van der Waals surface area contributed by atoms with Crippen LogP contribution in [0.5, 0.6) is 0 Å². The Balaban J connectivity index is 1.63. The van der Waals surface area contributed by atoms with Crippen molar-refractivity contribution >= 4 is 41.4 Å². The molecule has 18 heteroatoms. The van der Waals surface area contributed by atoms with Gasteiger partial charge in [-0.2, -0.15) is 0 Å². The Bertz CT molecular complexity index is 1510. The zero-order valence-corrected chi connectivity index (χ0v) is 32.0. The summed E-state index contributed by atoms with van der Waals surface area (Å²) < 4.78 is 1.59. The van der Waals surface area contributed by atoms with Crippen molar-refractivity contribution in [1.82, 2.24) is 41.2 Å². The number of nitrogens with two attached hydrogens (primary N) is 3. The van der Waals surface area contributed by atoms with Gasteiger partial charge in [0.05, 0.1) is 5.69 Å². The molecular formula is C36H60N12O6. The average Bonchev–Trinajstić information content (AvgIpc) is 3.80. The molecule has 0 aromatic carbocycles. The minimum absolute atomic E-state index is 0.0881. The number of rotatable bonds is 10. The number of primary amides is 1. The summed E-state index contributed by atoms with van der Waals surface area (Å²) in [6, 6.07) is -4.95. The molecule has 0 spiro atoms. The molecule has 3 aliphatic rings. The van der Waals surface area contributed by atoms with Crippen molar-refractivity contribution in [2.24, 2.45) is 33.5 Å². The number of aliphatic imine (C=N–C) groups is 1. The van der Waals surface area contributed by atoms with E-state index >= 15 is 0 Å². The lowest BCUT2D eigenvalue weighted by Crippen LogP contribution is -2.61. The first-order chi connectivity index (χ1) is 25.6. The molecule has 10 N–H and O–H groups in total. The maximum Gasteiger partial charge on any atom is 0.243 e. The molecule has 2 fully saturated rings. The summed E-state index contributed by atoms with van der Waals surface area (Å²) in [5.41, 5.74) is 16.6. The summed E-state index contributed by atoms with van der Waals surface area (Å²) in [7, 11) is 0. The molecule has 1 aromatic heterocycles. The topological polar surface area (TPSA) is 275 Å². The first-order valence-electron chi connectivity index (χ1n) is 19.4. The summed E-state index contributed by atoms with van der Waals surface area (Å²) in [4.78, 5) is 87.2. The number of carbonyl (C=O) groups excluding carboxylic acids is 6. The normalized spacial score (nSPS) is 23.4. The Morgan fingerprint density at radius 3 is 2.31 bits per heavy atom. The molecule has 54 heavy (non-hydrogen) atoms. The minimum atomic E-state index is -1.15. The van der Waals surface area contributed by atoms with Gasteiger partial charge in [-0.15, -0.1) is 5.10 Å². The second-order valence-corrected chi connectivity index (χ2v) is 15.9. The van der Waals surface area contributed by atoms with Crippen LogP contribution in [0.1, 0.15) is 110 Å². The fourth-order valence-electron chi connectivity index (χ4n) is 7.53. The van der Waals surface area contributed by atoms with Gasteiger partial charge >= 0.3 is 0 Å². The third-order valence-corrected chi connectivity index (χ3v) is 10.5. The van der Waals surface area contributed by atoms with Crippen LogP contribution in [0.25, 0.3) is 0 Å². The highest BCUT2D eigenvalue weighted by molar-refractivity contribution is 5.96. The zero-order valence-electron chi connectivity index (χ0n) is 32.0. The van der Waals surface area contributed by atoms with Gasteiger partial charge in [0.25, 0.3) is 0 Å². The lowest BCUT2D eigenvalue weighted by atomic mass is 9.83. The number of fused-ring (bicyclic) bond motifs is 3. The Morgan fingerprint density at radius 2 is 1.63 bits per heavy atom. The van der Waals surface area contributed by atoms with E-state index in [0.717, 1.165) is 37.8 Å². The van der Waals surface area contributed by atoms with Crippen LogP contribution >= 0.6 is 0 Å². The molecule has 1 saturated heterocycles. The van der Waals surface area contributed by atoms with Crippen molar-refractivity contribution in [2.75, 3.05) is 13.1 Å². The standard InChI is InChI=1S/C36H60N12O6/c1-36(2,3)29(30(37)50)44-32(52)24(14-9-18-40-35(38)39)41-31(51)25-17-20-47-21-23(45-46-47)13-7-8-16-27(49)48-19-10-15-26(48)33(53)43-28(34(54)42-25)22-11-5-4-6-12-22/h21-22,24-26,28-29H,4-20H2,1-3H3,(H2,37,50)(H,41,51)(H,42,54)(H,43,53)(H,44,52)(H4,38,39,40). The van der Waals surface area contributed by atoms with E-state index in [-0.39, 0.29) is 49.6 Å². The summed E-state index contributed by atoms with van der Waals surface area (Å²) in [6.07, 6.45) is 9.97. The SMILES string of the molecule is CC(C)(C)C(NC(=O)C(CCCN=C(N)N)NC(=O)C1CCn2cc(nn2)CCCCC(=O)N2CCCC2C(=O)NC(C2CCCCC2)C(=O)N1)C(N)=O. The molecular weight excluding hydrogens is 696 g/mol. The number of nitrogens with one attached hydrogen (secondary N) is 4.